The summed E-state index contributed by atoms with van der Waals surface area (Å²) >= 11 is 0. The molecule has 5 nitrogen and oxygen atoms in total. The Morgan fingerprint density at radius 2 is 1.77 bits per heavy atom. The second kappa shape index (κ2) is 8.02. The average Bonchev–Trinajstić information content (AvgIpc) is 3.04. The van der Waals surface area contributed by atoms with Gasteiger partial charge in [0.1, 0.15) is 0 Å². The van der Waals surface area contributed by atoms with Crippen LogP contribution in [0.1, 0.15) is 63.2 Å². The predicted octanol–water partition coefficient (Wildman–Crippen LogP) is 4.41. The summed E-state index contributed by atoms with van der Waals surface area (Å²) in [4.78, 5) is 19.6. The van der Waals surface area contributed by atoms with Gasteiger partial charge in [-0.25, -0.2) is 0 Å². The lowest BCUT2D eigenvalue weighted by atomic mass is 9.94. The maximum atomic E-state index is 13.0. The molecular formula is C21H27N3O2. The summed E-state index contributed by atoms with van der Waals surface area (Å²) < 4.78 is 5.55. The third-order valence-electron chi connectivity index (χ3n) is 5.76. The van der Waals surface area contributed by atoms with Crippen LogP contribution in [0.3, 0.4) is 0 Å². The van der Waals surface area contributed by atoms with E-state index in [1.165, 1.54) is 25.7 Å². The Bertz CT molecular complexity index is 720. The third kappa shape index (κ3) is 3.81. The van der Waals surface area contributed by atoms with Gasteiger partial charge in [-0.3, -0.25) is 4.79 Å². The summed E-state index contributed by atoms with van der Waals surface area (Å²) in [6, 6.07) is 9.88. The second-order valence-corrected chi connectivity index (χ2v) is 7.63. The Labute approximate surface area is 154 Å². The zero-order valence-corrected chi connectivity index (χ0v) is 15.3. The highest BCUT2D eigenvalue weighted by atomic mass is 16.5. The number of benzene rings is 1. The van der Waals surface area contributed by atoms with Crippen molar-refractivity contribution in [3.8, 4) is 11.4 Å². The van der Waals surface area contributed by atoms with Gasteiger partial charge >= 0.3 is 0 Å². The molecule has 26 heavy (non-hydrogen) atoms. The number of hydrogen-bond donors (Lipinski definition) is 0. The summed E-state index contributed by atoms with van der Waals surface area (Å²) in [6.07, 6.45) is 9.05. The van der Waals surface area contributed by atoms with Gasteiger partial charge in [0, 0.05) is 24.6 Å². The zero-order valence-electron chi connectivity index (χ0n) is 15.3. The average molecular weight is 353 g/mol. The van der Waals surface area contributed by atoms with Crippen molar-refractivity contribution in [2.75, 3.05) is 13.1 Å². The number of amides is 1. The lowest BCUT2D eigenvalue weighted by Gasteiger charge is -2.33. The molecule has 2 aliphatic rings. The van der Waals surface area contributed by atoms with Crippen LogP contribution in [-0.2, 0) is 4.79 Å². The van der Waals surface area contributed by atoms with Gasteiger partial charge in [0.2, 0.25) is 17.6 Å². The summed E-state index contributed by atoms with van der Waals surface area (Å²) in [5, 5.41) is 4.14. The second-order valence-electron chi connectivity index (χ2n) is 7.63. The van der Waals surface area contributed by atoms with Crippen molar-refractivity contribution >= 4 is 5.91 Å². The summed E-state index contributed by atoms with van der Waals surface area (Å²) in [5.74, 6) is 2.02. The highest BCUT2D eigenvalue weighted by molar-refractivity contribution is 5.79. The molecule has 2 heterocycles. The van der Waals surface area contributed by atoms with Crippen LogP contribution in [0.15, 0.2) is 34.9 Å². The van der Waals surface area contributed by atoms with E-state index in [0.717, 1.165) is 37.8 Å². The van der Waals surface area contributed by atoms with E-state index < -0.39 is 0 Å². The number of hydrogen-bond acceptors (Lipinski definition) is 4. The molecule has 138 valence electrons. The maximum Gasteiger partial charge on any atom is 0.231 e. The van der Waals surface area contributed by atoms with Gasteiger partial charge in [-0.15, -0.1) is 0 Å². The number of nitrogens with zero attached hydrogens (tertiary/aromatic N) is 3. The Kier molecular flexibility index (Phi) is 5.32. The molecule has 1 saturated carbocycles. The van der Waals surface area contributed by atoms with E-state index in [0.29, 0.717) is 24.2 Å². The standard InChI is InChI=1S/C21H27N3O2/c25-21(17-11-4-1-2-5-12-17)24-14-8-13-18(15-24)20-22-19(23-26-20)16-9-6-3-7-10-16/h3,6-7,9-10,17-18H,1-2,4-5,8,11-15H2/t18-/m0/s1. The number of carbonyl (C=O) groups excluding carboxylic acids is 1. The zero-order chi connectivity index (χ0) is 17.8. The van der Waals surface area contributed by atoms with Crippen molar-refractivity contribution in [1.29, 1.82) is 0 Å². The Morgan fingerprint density at radius 1 is 1.00 bits per heavy atom. The molecule has 1 aromatic carbocycles. The molecule has 2 fully saturated rings. The van der Waals surface area contributed by atoms with Crippen molar-refractivity contribution in [1.82, 2.24) is 15.0 Å². The van der Waals surface area contributed by atoms with Crippen molar-refractivity contribution in [2.45, 2.75) is 57.3 Å². The first kappa shape index (κ1) is 17.3. The molecule has 1 atom stereocenters. The predicted molar refractivity (Wildman–Crippen MR) is 99.5 cm³/mol. The Hall–Kier alpha value is -2.17. The van der Waals surface area contributed by atoms with Gasteiger partial charge in [0.25, 0.3) is 0 Å². The van der Waals surface area contributed by atoms with E-state index in [2.05, 4.69) is 15.0 Å². The third-order valence-corrected chi connectivity index (χ3v) is 5.76. The first-order valence-electron chi connectivity index (χ1n) is 9.99. The number of aromatic nitrogens is 2. The minimum Gasteiger partial charge on any atom is -0.342 e. The first-order chi connectivity index (χ1) is 12.8. The highest BCUT2D eigenvalue weighted by Crippen LogP contribution is 2.30. The molecule has 4 rings (SSSR count). The largest absolute Gasteiger partial charge is 0.342 e. The molecule has 0 N–H and O–H groups in total. The monoisotopic (exact) mass is 353 g/mol. The van der Waals surface area contributed by atoms with Crippen molar-refractivity contribution in [2.24, 2.45) is 5.92 Å². The van der Waals surface area contributed by atoms with Gasteiger partial charge in [-0.2, -0.15) is 4.98 Å². The lowest BCUT2D eigenvalue weighted by molar-refractivity contribution is -0.137. The molecular weight excluding hydrogens is 326 g/mol. The van der Waals surface area contributed by atoms with Crippen LogP contribution in [0.2, 0.25) is 0 Å². The van der Waals surface area contributed by atoms with Crippen LogP contribution in [0, 0.1) is 5.92 Å². The quantitative estimate of drug-likeness (QED) is 0.767. The fourth-order valence-corrected chi connectivity index (χ4v) is 4.27. The van der Waals surface area contributed by atoms with Crippen LogP contribution in [0.4, 0.5) is 0 Å². The van der Waals surface area contributed by atoms with Crippen LogP contribution >= 0.6 is 0 Å². The minimum atomic E-state index is 0.156. The minimum absolute atomic E-state index is 0.156. The molecule has 1 aliphatic heterocycles. The van der Waals surface area contributed by atoms with E-state index in [9.17, 15) is 4.79 Å². The molecule has 1 aromatic heterocycles. The molecule has 1 amide bonds. The molecule has 5 heteroatoms. The van der Waals surface area contributed by atoms with Gasteiger partial charge in [-0.05, 0) is 25.7 Å². The highest BCUT2D eigenvalue weighted by Gasteiger charge is 2.32. The Balaban J connectivity index is 1.43. The van der Waals surface area contributed by atoms with Gasteiger partial charge < -0.3 is 9.42 Å². The molecule has 0 spiro atoms. The van der Waals surface area contributed by atoms with Crippen LogP contribution < -0.4 is 0 Å². The lowest BCUT2D eigenvalue weighted by Crippen LogP contribution is -2.42. The first-order valence-corrected chi connectivity index (χ1v) is 9.99. The molecule has 1 saturated heterocycles. The molecule has 2 aromatic rings. The molecule has 1 aliphatic carbocycles. The smallest absolute Gasteiger partial charge is 0.231 e. The van der Waals surface area contributed by atoms with Crippen LogP contribution in [0.25, 0.3) is 11.4 Å². The maximum absolute atomic E-state index is 13.0. The van der Waals surface area contributed by atoms with Crippen LogP contribution in [-0.4, -0.2) is 34.0 Å². The number of likely N-dealkylation sites (tertiary alicyclic amines) is 1. The van der Waals surface area contributed by atoms with Crippen LogP contribution in [0.5, 0.6) is 0 Å². The van der Waals surface area contributed by atoms with Gasteiger partial charge in [0.05, 0.1) is 5.92 Å². The van der Waals surface area contributed by atoms with Gasteiger partial charge in [-0.1, -0.05) is 61.2 Å². The fraction of sp³-hybridized carbons (Fsp3) is 0.571. The summed E-state index contributed by atoms with van der Waals surface area (Å²) in [5.41, 5.74) is 0.963. The summed E-state index contributed by atoms with van der Waals surface area (Å²) in [6.45, 7) is 1.58. The van der Waals surface area contributed by atoms with Crippen molar-refractivity contribution in [3.63, 3.8) is 0 Å². The fourth-order valence-electron chi connectivity index (χ4n) is 4.27. The number of piperidine rings is 1. The van der Waals surface area contributed by atoms with E-state index in [-0.39, 0.29) is 11.8 Å². The van der Waals surface area contributed by atoms with E-state index in [1.807, 2.05) is 30.3 Å². The molecule has 0 bridgehead atoms. The SMILES string of the molecule is O=C(C1CCCCCC1)N1CCC[C@H](c2nc(-c3ccccc3)no2)C1. The molecule has 0 unspecified atom stereocenters. The summed E-state index contributed by atoms with van der Waals surface area (Å²) in [7, 11) is 0. The number of rotatable bonds is 3. The van der Waals surface area contributed by atoms with E-state index in [1.54, 1.807) is 0 Å². The normalized spacial score (nSPS) is 22.2. The van der Waals surface area contributed by atoms with Crippen molar-refractivity contribution < 1.29 is 9.32 Å². The van der Waals surface area contributed by atoms with Crippen molar-refractivity contribution in [3.05, 3.63) is 36.2 Å². The Morgan fingerprint density at radius 3 is 2.54 bits per heavy atom. The van der Waals surface area contributed by atoms with E-state index in [4.69, 9.17) is 4.52 Å². The molecule has 0 radical (unpaired) electrons. The number of carbonyl (C=O) groups is 1. The van der Waals surface area contributed by atoms with E-state index >= 15 is 0 Å². The van der Waals surface area contributed by atoms with Gasteiger partial charge in [0.15, 0.2) is 0 Å². The topological polar surface area (TPSA) is 59.2 Å².